The third-order valence-corrected chi connectivity index (χ3v) is 3.39. The van der Waals surface area contributed by atoms with Gasteiger partial charge >= 0.3 is 0 Å². The van der Waals surface area contributed by atoms with Crippen LogP contribution in [0.2, 0.25) is 0 Å². The van der Waals surface area contributed by atoms with Gasteiger partial charge in [-0.15, -0.1) is 0 Å². The van der Waals surface area contributed by atoms with Crippen molar-refractivity contribution in [3.63, 3.8) is 0 Å². The van der Waals surface area contributed by atoms with Gasteiger partial charge in [-0.1, -0.05) is 28.1 Å². The number of benzene rings is 1. The summed E-state index contributed by atoms with van der Waals surface area (Å²) in [5, 5.41) is 0. The molecule has 0 fully saturated rings. The zero-order valence-electron chi connectivity index (χ0n) is 11.5. The van der Waals surface area contributed by atoms with E-state index < -0.39 is 0 Å². The molecule has 20 heavy (non-hydrogen) atoms. The van der Waals surface area contributed by atoms with Gasteiger partial charge in [0, 0.05) is 24.1 Å². The molecular weight excluding hydrogens is 318 g/mol. The van der Waals surface area contributed by atoms with Crippen molar-refractivity contribution in [3.05, 3.63) is 64.0 Å². The Labute approximate surface area is 127 Å². The van der Waals surface area contributed by atoms with Crippen LogP contribution in [0.15, 0.2) is 51.4 Å². The van der Waals surface area contributed by atoms with E-state index in [1.807, 2.05) is 43.3 Å². The summed E-state index contributed by atoms with van der Waals surface area (Å²) in [6, 6.07) is 11.6. The minimum atomic E-state index is -0.0537. The molecule has 2 aromatic rings. The first-order chi connectivity index (χ1) is 9.54. The second kappa shape index (κ2) is 6.57. The maximum absolute atomic E-state index is 12.0. The highest BCUT2D eigenvalue weighted by Gasteiger charge is 2.06. The molecule has 0 aliphatic carbocycles. The van der Waals surface area contributed by atoms with E-state index in [0.717, 1.165) is 15.8 Å². The van der Waals surface area contributed by atoms with Gasteiger partial charge in [-0.05, 0) is 42.8 Å². The molecule has 2 rings (SSSR count). The molecule has 3 nitrogen and oxygen atoms in total. The van der Waals surface area contributed by atoms with Crippen molar-refractivity contribution in [1.82, 2.24) is 4.90 Å². The molecule has 1 aromatic heterocycles. The number of rotatable bonds is 4. The molecule has 1 heterocycles. The fourth-order valence-electron chi connectivity index (χ4n) is 1.77. The second-order valence-electron chi connectivity index (χ2n) is 4.60. The normalized spacial score (nSPS) is 10.9. The predicted octanol–water partition coefficient (Wildman–Crippen LogP) is 4.02. The lowest BCUT2D eigenvalue weighted by molar-refractivity contribution is -0.125. The number of nitrogens with zero attached hydrogens (tertiary/aromatic N) is 1. The Balaban J connectivity index is 1.95. The van der Waals surface area contributed by atoms with E-state index in [2.05, 4.69) is 15.9 Å². The molecule has 0 bridgehead atoms. The molecule has 1 amide bonds. The standard InChI is InChI=1S/C16H16BrNO2/c1-12-3-8-15(20-12)9-10-16(19)18(2)11-13-4-6-14(17)7-5-13/h3-10H,11H2,1-2H3/b10-9+. The molecule has 0 saturated heterocycles. The summed E-state index contributed by atoms with van der Waals surface area (Å²) in [5.41, 5.74) is 1.09. The van der Waals surface area contributed by atoms with Crippen molar-refractivity contribution in [3.8, 4) is 0 Å². The molecule has 1 aromatic carbocycles. The van der Waals surface area contributed by atoms with Crippen LogP contribution in [-0.2, 0) is 11.3 Å². The Bertz CT molecular complexity index is 614. The third kappa shape index (κ3) is 4.10. The fraction of sp³-hybridized carbons (Fsp3) is 0.188. The summed E-state index contributed by atoms with van der Waals surface area (Å²) in [6.45, 7) is 2.45. The number of carbonyl (C=O) groups excluding carboxylic acids is 1. The van der Waals surface area contributed by atoms with E-state index in [9.17, 15) is 4.79 Å². The maximum atomic E-state index is 12.0. The quantitative estimate of drug-likeness (QED) is 0.791. The Morgan fingerprint density at radius 2 is 1.95 bits per heavy atom. The predicted molar refractivity (Wildman–Crippen MR) is 83.1 cm³/mol. The Hall–Kier alpha value is -1.81. The lowest BCUT2D eigenvalue weighted by Crippen LogP contribution is -2.24. The first-order valence-electron chi connectivity index (χ1n) is 6.28. The van der Waals surface area contributed by atoms with Crippen LogP contribution >= 0.6 is 15.9 Å². The monoisotopic (exact) mass is 333 g/mol. The average molecular weight is 334 g/mol. The zero-order valence-corrected chi connectivity index (χ0v) is 13.1. The van der Waals surface area contributed by atoms with Crippen LogP contribution in [0.25, 0.3) is 6.08 Å². The van der Waals surface area contributed by atoms with Crippen molar-refractivity contribution in [1.29, 1.82) is 0 Å². The lowest BCUT2D eigenvalue weighted by atomic mass is 10.2. The molecule has 0 radical (unpaired) electrons. The third-order valence-electron chi connectivity index (χ3n) is 2.86. The number of hydrogen-bond donors (Lipinski definition) is 0. The van der Waals surface area contributed by atoms with Crippen LogP contribution in [0.3, 0.4) is 0 Å². The molecule has 0 atom stereocenters. The van der Waals surface area contributed by atoms with Crippen LogP contribution in [0.1, 0.15) is 17.1 Å². The number of halogens is 1. The highest BCUT2D eigenvalue weighted by atomic mass is 79.9. The summed E-state index contributed by atoms with van der Waals surface area (Å²) in [6.07, 6.45) is 3.21. The lowest BCUT2D eigenvalue weighted by Gasteiger charge is -2.15. The average Bonchev–Trinajstić information content (AvgIpc) is 2.84. The van der Waals surface area contributed by atoms with Gasteiger partial charge < -0.3 is 9.32 Å². The molecule has 4 heteroatoms. The van der Waals surface area contributed by atoms with Crippen LogP contribution in [0.5, 0.6) is 0 Å². The highest BCUT2D eigenvalue weighted by molar-refractivity contribution is 9.10. The van der Waals surface area contributed by atoms with E-state index in [4.69, 9.17) is 4.42 Å². The van der Waals surface area contributed by atoms with Gasteiger partial charge in [0.15, 0.2) is 0 Å². The molecule has 104 valence electrons. The molecule has 0 spiro atoms. The fourth-order valence-corrected chi connectivity index (χ4v) is 2.03. The van der Waals surface area contributed by atoms with Crippen LogP contribution in [0.4, 0.5) is 0 Å². The Kier molecular flexibility index (Phi) is 4.79. The largest absolute Gasteiger partial charge is 0.462 e. The summed E-state index contributed by atoms with van der Waals surface area (Å²) >= 11 is 3.39. The number of furan rings is 1. The van der Waals surface area contributed by atoms with Crippen molar-refractivity contribution in [2.45, 2.75) is 13.5 Å². The minimum absolute atomic E-state index is 0.0537. The van der Waals surface area contributed by atoms with Gasteiger partial charge in [0.2, 0.25) is 5.91 Å². The number of aryl methyl sites for hydroxylation is 1. The van der Waals surface area contributed by atoms with Gasteiger partial charge in [0.05, 0.1) is 0 Å². The van der Waals surface area contributed by atoms with Gasteiger partial charge in [-0.3, -0.25) is 4.79 Å². The smallest absolute Gasteiger partial charge is 0.246 e. The maximum Gasteiger partial charge on any atom is 0.246 e. The summed E-state index contributed by atoms with van der Waals surface area (Å²) in [4.78, 5) is 13.6. The van der Waals surface area contributed by atoms with Gasteiger partial charge in [-0.25, -0.2) is 0 Å². The minimum Gasteiger partial charge on any atom is -0.462 e. The van der Waals surface area contributed by atoms with Crippen molar-refractivity contribution < 1.29 is 9.21 Å². The van der Waals surface area contributed by atoms with Crippen molar-refractivity contribution >= 4 is 27.9 Å². The molecule has 0 N–H and O–H groups in total. The van der Waals surface area contributed by atoms with Gasteiger partial charge in [0.1, 0.15) is 11.5 Å². The van der Waals surface area contributed by atoms with Crippen LogP contribution in [-0.4, -0.2) is 17.9 Å². The topological polar surface area (TPSA) is 33.5 Å². The van der Waals surface area contributed by atoms with E-state index in [0.29, 0.717) is 12.3 Å². The number of amides is 1. The summed E-state index contributed by atoms with van der Waals surface area (Å²) < 4.78 is 6.41. The Morgan fingerprint density at radius 3 is 2.55 bits per heavy atom. The van der Waals surface area contributed by atoms with Gasteiger partial charge in [-0.2, -0.15) is 0 Å². The zero-order chi connectivity index (χ0) is 14.5. The molecule has 0 aliphatic rings. The van der Waals surface area contributed by atoms with Crippen LogP contribution in [0, 0.1) is 6.92 Å². The van der Waals surface area contributed by atoms with Gasteiger partial charge in [0.25, 0.3) is 0 Å². The second-order valence-corrected chi connectivity index (χ2v) is 5.52. The first kappa shape index (κ1) is 14.6. The summed E-state index contributed by atoms with van der Waals surface area (Å²) in [7, 11) is 1.78. The van der Waals surface area contributed by atoms with Crippen molar-refractivity contribution in [2.75, 3.05) is 7.05 Å². The molecule has 0 saturated carbocycles. The van der Waals surface area contributed by atoms with Crippen LogP contribution < -0.4 is 0 Å². The highest BCUT2D eigenvalue weighted by Crippen LogP contribution is 2.12. The van der Waals surface area contributed by atoms with E-state index >= 15 is 0 Å². The first-order valence-corrected chi connectivity index (χ1v) is 7.08. The molecular formula is C16H16BrNO2. The SMILES string of the molecule is Cc1ccc(/C=C/C(=O)N(C)Cc2ccc(Br)cc2)o1. The number of hydrogen-bond acceptors (Lipinski definition) is 2. The van der Waals surface area contributed by atoms with E-state index in [1.54, 1.807) is 18.0 Å². The van der Waals surface area contributed by atoms with E-state index in [1.165, 1.54) is 6.08 Å². The van der Waals surface area contributed by atoms with Crippen molar-refractivity contribution in [2.24, 2.45) is 0 Å². The number of likely N-dealkylation sites (N-methyl/N-ethyl adjacent to an activating group) is 1. The van der Waals surface area contributed by atoms with E-state index in [-0.39, 0.29) is 5.91 Å². The molecule has 0 unspecified atom stereocenters. The Morgan fingerprint density at radius 1 is 1.25 bits per heavy atom. The number of carbonyl (C=O) groups is 1. The molecule has 0 aliphatic heterocycles. The summed E-state index contributed by atoms with van der Waals surface area (Å²) in [5.74, 6) is 1.47.